The van der Waals surface area contributed by atoms with Crippen LogP contribution in [-0.2, 0) is 13.0 Å². The minimum absolute atomic E-state index is 0.639. The van der Waals surface area contributed by atoms with Gasteiger partial charge in [0.05, 0.1) is 23.2 Å². The molecule has 0 atom stereocenters. The van der Waals surface area contributed by atoms with E-state index in [-0.39, 0.29) is 0 Å². The minimum atomic E-state index is 0.639. The van der Waals surface area contributed by atoms with E-state index in [0.717, 1.165) is 29.2 Å². The van der Waals surface area contributed by atoms with Crippen LogP contribution in [0.25, 0.3) is 0 Å². The predicted molar refractivity (Wildman–Crippen MR) is 75.0 cm³/mol. The quantitative estimate of drug-likeness (QED) is 0.903. The van der Waals surface area contributed by atoms with Gasteiger partial charge in [-0.05, 0) is 36.7 Å². The Balaban J connectivity index is 2.12. The number of benzene rings is 1. The van der Waals surface area contributed by atoms with Gasteiger partial charge >= 0.3 is 0 Å². The van der Waals surface area contributed by atoms with Gasteiger partial charge in [0.1, 0.15) is 0 Å². The maximum atomic E-state index is 6.29. The Morgan fingerprint density at radius 1 is 1.28 bits per heavy atom. The molecule has 2 N–H and O–H groups in total. The largest absolute Gasteiger partial charge is 0.472 e. The van der Waals surface area contributed by atoms with Crippen molar-refractivity contribution in [3.05, 3.63) is 52.9 Å². The zero-order chi connectivity index (χ0) is 13.0. The average Bonchev–Trinajstić information content (AvgIpc) is 2.82. The fourth-order valence-electron chi connectivity index (χ4n) is 1.92. The molecule has 0 saturated carbocycles. The van der Waals surface area contributed by atoms with Crippen molar-refractivity contribution in [2.24, 2.45) is 5.73 Å². The smallest absolute Gasteiger partial charge is 0.0952 e. The molecule has 2 rings (SSSR count). The molecule has 0 bridgehead atoms. The molecule has 1 aromatic heterocycles. The van der Waals surface area contributed by atoms with E-state index in [9.17, 15) is 0 Å². The number of anilines is 1. The van der Waals surface area contributed by atoms with Crippen LogP contribution in [0.2, 0.25) is 5.02 Å². The Kier molecular flexibility index (Phi) is 4.28. The highest BCUT2D eigenvalue weighted by atomic mass is 35.5. The van der Waals surface area contributed by atoms with Crippen molar-refractivity contribution >= 4 is 17.3 Å². The molecular weight excluding hydrogens is 248 g/mol. The maximum Gasteiger partial charge on any atom is 0.0952 e. The van der Waals surface area contributed by atoms with Crippen molar-refractivity contribution in [3.8, 4) is 0 Å². The first-order valence-electron chi connectivity index (χ1n) is 5.91. The minimum Gasteiger partial charge on any atom is -0.472 e. The normalized spacial score (nSPS) is 10.6. The van der Waals surface area contributed by atoms with E-state index in [1.165, 1.54) is 5.56 Å². The standard InChI is InChI=1S/C14H17ClN2O/c1-17(9-12-5-7-18-10-12)14-3-2-11(4-6-16)8-13(14)15/h2-3,5,7-8,10H,4,6,9,16H2,1H3. The lowest BCUT2D eigenvalue weighted by atomic mass is 10.1. The third-order valence-corrected chi connectivity index (χ3v) is 3.16. The Labute approximate surface area is 112 Å². The Bertz CT molecular complexity index is 497. The van der Waals surface area contributed by atoms with Gasteiger partial charge in [-0.15, -0.1) is 0 Å². The number of nitrogens with zero attached hydrogens (tertiary/aromatic N) is 1. The first-order valence-corrected chi connectivity index (χ1v) is 6.29. The molecule has 0 aliphatic rings. The Morgan fingerprint density at radius 3 is 2.72 bits per heavy atom. The summed E-state index contributed by atoms with van der Waals surface area (Å²) in [6.07, 6.45) is 4.27. The molecule has 0 unspecified atom stereocenters. The van der Waals surface area contributed by atoms with E-state index in [2.05, 4.69) is 11.0 Å². The Hall–Kier alpha value is -1.45. The number of hydrogen-bond acceptors (Lipinski definition) is 3. The molecule has 1 heterocycles. The summed E-state index contributed by atoms with van der Waals surface area (Å²) < 4.78 is 5.06. The lowest BCUT2D eigenvalue weighted by molar-refractivity contribution is 0.563. The van der Waals surface area contributed by atoms with Crippen LogP contribution in [0.15, 0.2) is 41.2 Å². The second-order valence-electron chi connectivity index (χ2n) is 4.31. The number of hydrogen-bond donors (Lipinski definition) is 1. The van der Waals surface area contributed by atoms with E-state index in [1.54, 1.807) is 12.5 Å². The zero-order valence-electron chi connectivity index (χ0n) is 10.4. The van der Waals surface area contributed by atoms with Gasteiger partial charge in [0.15, 0.2) is 0 Å². The van der Waals surface area contributed by atoms with Gasteiger partial charge in [0.2, 0.25) is 0 Å². The highest BCUT2D eigenvalue weighted by Crippen LogP contribution is 2.27. The van der Waals surface area contributed by atoms with Gasteiger partial charge in [0, 0.05) is 19.2 Å². The molecule has 0 aliphatic heterocycles. The number of furan rings is 1. The van der Waals surface area contributed by atoms with Crippen LogP contribution in [0, 0.1) is 0 Å². The topological polar surface area (TPSA) is 42.4 Å². The van der Waals surface area contributed by atoms with Gasteiger partial charge in [-0.25, -0.2) is 0 Å². The van der Waals surface area contributed by atoms with E-state index in [1.807, 2.05) is 25.2 Å². The lowest BCUT2D eigenvalue weighted by Crippen LogP contribution is -2.16. The fraction of sp³-hybridized carbons (Fsp3) is 0.286. The van der Waals surface area contributed by atoms with Crippen LogP contribution in [-0.4, -0.2) is 13.6 Å². The van der Waals surface area contributed by atoms with Crippen LogP contribution < -0.4 is 10.6 Å². The molecule has 4 heteroatoms. The first kappa shape index (κ1) is 13.0. The predicted octanol–water partition coefficient (Wildman–Crippen LogP) is 3.07. The summed E-state index contributed by atoms with van der Waals surface area (Å²) in [6, 6.07) is 8.04. The molecular formula is C14H17ClN2O. The van der Waals surface area contributed by atoms with Crippen molar-refractivity contribution < 1.29 is 4.42 Å². The summed E-state index contributed by atoms with van der Waals surface area (Å²) in [4.78, 5) is 2.10. The Morgan fingerprint density at radius 2 is 2.11 bits per heavy atom. The third kappa shape index (κ3) is 3.06. The van der Waals surface area contributed by atoms with Crippen LogP contribution >= 0.6 is 11.6 Å². The summed E-state index contributed by atoms with van der Waals surface area (Å²) >= 11 is 6.29. The SMILES string of the molecule is CN(Cc1ccoc1)c1ccc(CCN)cc1Cl. The van der Waals surface area contributed by atoms with E-state index >= 15 is 0 Å². The monoisotopic (exact) mass is 264 g/mol. The molecule has 0 fully saturated rings. The van der Waals surface area contributed by atoms with E-state index < -0.39 is 0 Å². The maximum absolute atomic E-state index is 6.29. The van der Waals surface area contributed by atoms with E-state index in [4.69, 9.17) is 21.8 Å². The lowest BCUT2D eigenvalue weighted by Gasteiger charge is -2.20. The number of rotatable bonds is 5. The summed E-state index contributed by atoms with van der Waals surface area (Å²) in [7, 11) is 2.01. The first-order chi connectivity index (χ1) is 8.70. The summed E-state index contributed by atoms with van der Waals surface area (Å²) in [5.41, 5.74) is 8.84. The molecule has 1 aromatic carbocycles. The molecule has 0 radical (unpaired) electrons. The fourth-order valence-corrected chi connectivity index (χ4v) is 2.27. The highest BCUT2D eigenvalue weighted by molar-refractivity contribution is 6.33. The highest BCUT2D eigenvalue weighted by Gasteiger charge is 2.08. The molecule has 0 aliphatic carbocycles. The summed E-state index contributed by atoms with van der Waals surface area (Å²) in [5.74, 6) is 0. The molecule has 0 saturated heterocycles. The molecule has 96 valence electrons. The average molecular weight is 265 g/mol. The van der Waals surface area contributed by atoms with Gasteiger partial charge in [-0.1, -0.05) is 17.7 Å². The van der Waals surface area contributed by atoms with Crippen LogP contribution in [0.3, 0.4) is 0 Å². The molecule has 0 spiro atoms. The second-order valence-corrected chi connectivity index (χ2v) is 4.72. The van der Waals surface area contributed by atoms with Gasteiger partial charge in [-0.2, -0.15) is 0 Å². The number of nitrogens with two attached hydrogens (primary N) is 1. The molecule has 3 nitrogen and oxygen atoms in total. The second kappa shape index (κ2) is 5.94. The summed E-state index contributed by atoms with van der Waals surface area (Å²) in [5, 5.41) is 0.756. The van der Waals surface area contributed by atoms with Crippen molar-refractivity contribution in [2.75, 3.05) is 18.5 Å². The zero-order valence-corrected chi connectivity index (χ0v) is 11.2. The van der Waals surface area contributed by atoms with Crippen molar-refractivity contribution in [2.45, 2.75) is 13.0 Å². The molecule has 2 aromatic rings. The van der Waals surface area contributed by atoms with Crippen LogP contribution in [0.5, 0.6) is 0 Å². The van der Waals surface area contributed by atoms with Gasteiger partial charge in [-0.3, -0.25) is 0 Å². The van der Waals surface area contributed by atoms with Crippen molar-refractivity contribution in [1.82, 2.24) is 0 Å². The van der Waals surface area contributed by atoms with E-state index in [0.29, 0.717) is 6.54 Å². The number of halogens is 1. The third-order valence-electron chi connectivity index (χ3n) is 2.86. The van der Waals surface area contributed by atoms with Crippen molar-refractivity contribution in [3.63, 3.8) is 0 Å². The van der Waals surface area contributed by atoms with Crippen LogP contribution in [0.4, 0.5) is 5.69 Å². The molecule has 0 amide bonds. The van der Waals surface area contributed by atoms with Gasteiger partial charge in [0.25, 0.3) is 0 Å². The van der Waals surface area contributed by atoms with Crippen LogP contribution in [0.1, 0.15) is 11.1 Å². The summed E-state index contributed by atoms with van der Waals surface area (Å²) in [6.45, 7) is 1.41. The van der Waals surface area contributed by atoms with Crippen molar-refractivity contribution in [1.29, 1.82) is 0 Å². The van der Waals surface area contributed by atoms with Gasteiger partial charge < -0.3 is 15.1 Å². The molecule has 18 heavy (non-hydrogen) atoms.